The molecule has 110 valence electrons. The van der Waals surface area contributed by atoms with Crippen LogP contribution in [0.15, 0.2) is 0 Å². The largest absolute Gasteiger partial charge is 0.312 e. The number of nitrogens with one attached hydrogen (secondary N) is 1. The second-order valence-corrected chi connectivity index (χ2v) is 7.47. The molecule has 0 amide bonds. The fraction of sp³-hybridized carbons (Fsp3) is 1.00. The molecule has 0 radical (unpaired) electrons. The summed E-state index contributed by atoms with van der Waals surface area (Å²) in [7, 11) is 2.31. The summed E-state index contributed by atoms with van der Waals surface area (Å²) in [6.07, 6.45) is 13.3. The van der Waals surface area contributed by atoms with Gasteiger partial charge < -0.3 is 5.32 Å². The summed E-state index contributed by atoms with van der Waals surface area (Å²) in [5.41, 5.74) is 0. The molecule has 0 saturated heterocycles. The van der Waals surface area contributed by atoms with Crippen molar-refractivity contribution in [2.75, 3.05) is 13.6 Å². The molecule has 0 aromatic heterocycles. The first-order valence-corrected chi connectivity index (χ1v) is 8.69. The maximum Gasteiger partial charge on any atom is 0.0192 e. The predicted molar refractivity (Wildman–Crippen MR) is 81.3 cm³/mol. The van der Waals surface area contributed by atoms with E-state index < -0.39 is 0 Å². The number of rotatable bonds is 5. The molecule has 2 nitrogen and oxygen atoms in total. The van der Waals surface area contributed by atoms with Crippen LogP contribution < -0.4 is 5.32 Å². The Hall–Kier alpha value is -0.0800. The van der Waals surface area contributed by atoms with Crippen LogP contribution in [0.5, 0.6) is 0 Å². The van der Waals surface area contributed by atoms with E-state index in [0.717, 1.165) is 23.9 Å². The fourth-order valence-electron chi connectivity index (χ4n) is 4.38. The van der Waals surface area contributed by atoms with Crippen LogP contribution in [0.4, 0.5) is 0 Å². The molecule has 0 aromatic carbocycles. The molecular formula is C17H32N2. The van der Waals surface area contributed by atoms with Crippen molar-refractivity contribution in [1.82, 2.24) is 10.2 Å². The Bertz CT molecular complexity index is 287. The van der Waals surface area contributed by atoms with Crippen molar-refractivity contribution in [1.29, 1.82) is 0 Å². The van der Waals surface area contributed by atoms with Crippen LogP contribution >= 0.6 is 0 Å². The van der Waals surface area contributed by atoms with Gasteiger partial charge in [0, 0.05) is 24.7 Å². The maximum absolute atomic E-state index is 3.88. The Morgan fingerprint density at radius 1 is 1.00 bits per heavy atom. The zero-order valence-electron chi connectivity index (χ0n) is 12.9. The van der Waals surface area contributed by atoms with Gasteiger partial charge in [-0.25, -0.2) is 0 Å². The van der Waals surface area contributed by atoms with E-state index in [9.17, 15) is 0 Å². The maximum atomic E-state index is 3.88. The highest BCUT2D eigenvalue weighted by Crippen LogP contribution is 2.40. The normalized spacial score (nSPS) is 37.1. The van der Waals surface area contributed by atoms with Gasteiger partial charge in [-0.2, -0.15) is 0 Å². The number of nitrogens with zero attached hydrogens (tertiary/aromatic N) is 1. The average Bonchev–Trinajstić information content (AvgIpc) is 3.28. The highest BCUT2D eigenvalue weighted by atomic mass is 15.2. The van der Waals surface area contributed by atoms with Crippen LogP contribution in [0.2, 0.25) is 0 Å². The molecule has 19 heavy (non-hydrogen) atoms. The van der Waals surface area contributed by atoms with Crippen LogP contribution in [0.3, 0.4) is 0 Å². The van der Waals surface area contributed by atoms with Gasteiger partial charge in [0.1, 0.15) is 0 Å². The van der Waals surface area contributed by atoms with Gasteiger partial charge in [-0.15, -0.1) is 0 Å². The lowest BCUT2D eigenvalue weighted by molar-refractivity contribution is 0.137. The summed E-state index contributed by atoms with van der Waals surface area (Å²) in [4.78, 5) is 2.58. The highest BCUT2D eigenvalue weighted by molar-refractivity contribution is 4.89. The lowest BCUT2D eigenvalue weighted by Crippen LogP contribution is -2.45. The molecule has 4 atom stereocenters. The van der Waals surface area contributed by atoms with Crippen molar-refractivity contribution in [2.45, 2.75) is 82.8 Å². The van der Waals surface area contributed by atoms with E-state index in [1.807, 2.05) is 0 Å². The van der Waals surface area contributed by atoms with Gasteiger partial charge in [0.15, 0.2) is 0 Å². The van der Waals surface area contributed by atoms with E-state index in [0.29, 0.717) is 6.04 Å². The Balaban J connectivity index is 1.40. The van der Waals surface area contributed by atoms with Gasteiger partial charge in [-0.1, -0.05) is 25.7 Å². The summed E-state index contributed by atoms with van der Waals surface area (Å²) in [5, 5.41) is 3.88. The first-order valence-electron chi connectivity index (χ1n) is 8.69. The summed E-state index contributed by atoms with van der Waals surface area (Å²) in [6.45, 7) is 3.58. The molecule has 0 aromatic rings. The molecule has 2 heteroatoms. The van der Waals surface area contributed by atoms with Crippen molar-refractivity contribution >= 4 is 0 Å². The molecule has 3 fully saturated rings. The van der Waals surface area contributed by atoms with Crippen LogP contribution in [-0.2, 0) is 0 Å². The monoisotopic (exact) mass is 264 g/mol. The second kappa shape index (κ2) is 6.13. The van der Waals surface area contributed by atoms with Crippen molar-refractivity contribution in [2.24, 2.45) is 11.8 Å². The standard InChI is InChI=1S/C17H32N2/c1-13(19(2)17-9-10-17)12-18-16-8-7-14-5-3-4-6-15(14)11-16/h13-18H,3-12H2,1-2H3. The molecule has 3 rings (SSSR count). The first-order chi connectivity index (χ1) is 9.24. The molecule has 3 aliphatic carbocycles. The van der Waals surface area contributed by atoms with Crippen molar-refractivity contribution in [3.8, 4) is 0 Å². The lowest BCUT2D eigenvalue weighted by atomic mass is 9.69. The third-order valence-electron chi connectivity index (χ3n) is 6.06. The zero-order valence-corrected chi connectivity index (χ0v) is 12.9. The van der Waals surface area contributed by atoms with E-state index in [2.05, 4.69) is 24.2 Å². The molecule has 4 unspecified atom stereocenters. The first kappa shape index (κ1) is 13.9. The third-order valence-corrected chi connectivity index (χ3v) is 6.06. The van der Waals surface area contributed by atoms with E-state index in [4.69, 9.17) is 0 Å². The molecule has 0 aliphatic heterocycles. The van der Waals surface area contributed by atoms with Crippen LogP contribution in [-0.4, -0.2) is 36.6 Å². The van der Waals surface area contributed by atoms with E-state index in [1.54, 1.807) is 0 Å². The number of fused-ring (bicyclic) bond motifs is 1. The number of hydrogen-bond acceptors (Lipinski definition) is 2. The fourth-order valence-corrected chi connectivity index (χ4v) is 4.38. The van der Waals surface area contributed by atoms with E-state index in [1.165, 1.54) is 64.3 Å². The minimum atomic E-state index is 0.705. The SMILES string of the molecule is CC(CNC1CCC2CCCCC2C1)N(C)C1CC1. The summed E-state index contributed by atoms with van der Waals surface area (Å²) in [6, 6.07) is 2.41. The number of likely N-dealkylation sites (N-methyl/N-ethyl adjacent to an activating group) is 1. The van der Waals surface area contributed by atoms with Gasteiger partial charge in [0.25, 0.3) is 0 Å². The smallest absolute Gasteiger partial charge is 0.0192 e. The minimum absolute atomic E-state index is 0.705. The van der Waals surface area contributed by atoms with E-state index in [-0.39, 0.29) is 0 Å². The van der Waals surface area contributed by atoms with E-state index >= 15 is 0 Å². The van der Waals surface area contributed by atoms with Crippen LogP contribution in [0.1, 0.15) is 64.7 Å². The average molecular weight is 264 g/mol. The van der Waals surface area contributed by atoms with Gasteiger partial charge >= 0.3 is 0 Å². The number of hydrogen-bond donors (Lipinski definition) is 1. The summed E-state index contributed by atoms with van der Waals surface area (Å²) < 4.78 is 0. The Morgan fingerprint density at radius 3 is 2.47 bits per heavy atom. The zero-order chi connectivity index (χ0) is 13.2. The van der Waals surface area contributed by atoms with Gasteiger partial charge in [0.05, 0.1) is 0 Å². The molecule has 3 aliphatic rings. The van der Waals surface area contributed by atoms with Gasteiger partial charge in [0.2, 0.25) is 0 Å². The Morgan fingerprint density at radius 2 is 1.74 bits per heavy atom. The molecular weight excluding hydrogens is 232 g/mol. The van der Waals surface area contributed by atoms with Gasteiger partial charge in [-0.05, 0) is 57.9 Å². The topological polar surface area (TPSA) is 15.3 Å². The third kappa shape index (κ3) is 3.52. The molecule has 0 spiro atoms. The van der Waals surface area contributed by atoms with Crippen molar-refractivity contribution in [3.63, 3.8) is 0 Å². The molecule has 3 saturated carbocycles. The Kier molecular flexibility index (Phi) is 4.48. The van der Waals surface area contributed by atoms with Crippen LogP contribution in [0, 0.1) is 11.8 Å². The second-order valence-electron chi connectivity index (χ2n) is 7.47. The highest BCUT2D eigenvalue weighted by Gasteiger charge is 2.33. The molecule has 0 heterocycles. The van der Waals surface area contributed by atoms with Gasteiger partial charge in [-0.3, -0.25) is 4.90 Å². The summed E-state index contributed by atoms with van der Waals surface area (Å²) >= 11 is 0. The quantitative estimate of drug-likeness (QED) is 0.818. The van der Waals surface area contributed by atoms with Crippen molar-refractivity contribution < 1.29 is 0 Å². The van der Waals surface area contributed by atoms with Crippen molar-refractivity contribution in [3.05, 3.63) is 0 Å². The lowest BCUT2D eigenvalue weighted by Gasteiger charge is -2.40. The predicted octanol–water partition coefficient (Wildman–Crippen LogP) is 3.42. The molecule has 1 N–H and O–H groups in total. The van der Waals surface area contributed by atoms with Crippen LogP contribution in [0.25, 0.3) is 0 Å². The molecule has 0 bridgehead atoms. The Labute approximate surface area is 119 Å². The minimum Gasteiger partial charge on any atom is -0.312 e. The summed E-state index contributed by atoms with van der Waals surface area (Å²) in [5.74, 6) is 2.13.